The Labute approximate surface area is 126 Å². The quantitative estimate of drug-likeness (QED) is 0.736. The first-order valence-corrected chi connectivity index (χ1v) is 7.31. The molecule has 2 aromatic carbocycles. The summed E-state index contributed by atoms with van der Waals surface area (Å²) in [6, 6.07) is 8.43. The highest BCUT2D eigenvalue weighted by atomic mass is 19.1. The van der Waals surface area contributed by atoms with E-state index in [9.17, 15) is 13.2 Å². The molecule has 0 aromatic heterocycles. The normalized spacial score (nSPS) is 25.5. The number of benzene rings is 2. The van der Waals surface area contributed by atoms with Gasteiger partial charge in [-0.15, -0.1) is 0 Å². The van der Waals surface area contributed by atoms with Crippen molar-refractivity contribution >= 4 is 5.69 Å². The minimum absolute atomic E-state index is 0.0466. The number of fused-ring (bicyclic) bond motifs is 3. The maximum atomic E-state index is 14.2. The van der Waals surface area contributed by atoms with Gasteiger partial charge in [-0.2, -0.15) is 0 Å². The van der Waals surface area contributed by atoms with Crippen LogP contribution in [0.3, 0.4) is 0 Å². The van der Waals surface area contributed by atoms with E-state index in [-0.39, 0.29) is 23.7 Å². The third kappa shape index (κ3) is 2.02. The second kappa shape index (κ2) is 4.90. The summed E-state index contributed by atoms with van der Waals surface area (Å²) in [6.45, 7) is 0. The van der Waals surface area contributed by atoms with E-state index in [0.29, 0.717) is 11.3 Å². The molecule has 0 unspecified atom stereocenters. The molecule has 2 aliphatic rings. The van der Waals surface area contributed by atoms with Crippen molar-refractivity contribution < 1.29 is 13.2 Å². The molecule has 1 aliphatic carbocycles. The summed E-state index contributed by atoms with van der Waals surface area (Å²) in [7, 11) is 0. The Balaban J connectivity index is 1.84. The Morgan fingerprint density at radius 3 is 2.68 bits per heavy atom. The molecule has 0 amide bonds. The van der Waals surface area contributed by atoms with Crippen LogP contribution in [0.15, 0.2) is 48.6 Å². The van der Waals surface area contributed by atoms with E-state index in [1.54, 1.807) is 6.07 Å². The molecule has 0 spiro atoms. The van der Waals surface area contributed by atoms with Crippen molar-refractivity contribution in [2.75, 3.05) is 5.32 Å². The zero-order valence-corrected chi connectivity index (χ0v) is 11.7. The fourth-order valence-electron chi connectivity index (χ4n) is 3.65. The molecule has 0 bridgehead atoms. The van der Waals surface area contributed by atoms with Gasteiger partial charge >= 0.3 is 0 Å². The molecule has 0 saturated heterocycles. The van der Waals surface area contributed by atoms with E-state index in [0.717, 1.165) is 18.1 Å². The SMILES string of the molecule is Fc1cccc([C@@H]2Nc3c(F)cc(F)cc3[C@@H]3C=CC[C@@H]32)c1. The largest absolute Gasteiger partial charge is 0.375 e. The molecule has 1 nitrogen and oxygen atoms in total. The molecule has 0 fully saturated rings. The van der Waals surface area contributed by atoms with Crippen LogP contribution in [0.5, 0.6) is 0 Å². The van der Waals surface area contributed by atoms with Gasteiger partial charge in [-0.3, -0.25) is 0 Å². The smallest absolute Gasteiger partial charge is 0.149 e. The zero-order valence-electron chi connectivity index (χ0n) is 11.7. The van der Waals surface area contributed by atoms with Crippen LogP contribution in [0.4, 0.5) is 18.9 Å². The number of nitrogens with one attached hydrogen (secondary N) is 1. The van der Waals surface area contributed by atoms with E-state index in [1.807, 2.05) is 18.2 Å². The number of allylic oxidation sites excluding steroid dienone is 2. The minimum atomic E-state index is -0.602. The van der Waals surface area contributed by atoms with Gasteiger partial charge in [-0.1, -0.05) is 24.3 Å². The van der Waals surface area contributed by atoms with Gasteiger partial charge in [-0.25, -0.2) is 13.2 Å². The van der Waals surface area contributed by atoms with Crippen molar-refractivity contribution in [3.8, 4) is 0 Å². The van der Waals surface area contributed by atoms with Crippen LogP contribution >= 0.6 is 0 Å². The van der Waals surface area contributed by atoms with Crippen LogP contribution in [0, 0.1) is 23.4 Å². The van der Waals surface area contributed by atoms with Crippen molar-refractivity contribution in [2.24, 2.45) is 5.92 Å². The third-order valence-electron chi connectivity index (χ3n) is 4.59. The molecule has 4 rings (SSSR count). The Morgan fingerprint density at radius 1 is 1.00 bits per heavy atom. The van der Waals surface area contributed by atoms with Gasteiger partial charge in [0, 0.05) is 12.0 Å². The Hall–Kier alpha value is -2.23. The maximum absolute atomic E-state index is 14.2. The molecule has 0 saturated carbocycles. The molecule has 1 aliphatic heterocycles. The lowest BCUT2D eigenvalue weighted by atomic mass is 9.77. The van der Waals surface area contributed by atoms with Crippen molar-refractivity contribution in [1.29, 1.82) is 0 Å². The molecular formula is C18H14F3N. The van der Waals surface area contributed by atoms with Gasteiger partial charge in [0.15, 0.2) is 0 Å². The summed E-state index contributed by atoms with van der Waals surface area (Å²) in [4.78, 5) is 0. The van der Waals surface area contributed by atoms with Gasteiger partial charge in [-0.05, 0) is 41.7 Å². The highest BCUT2D eigenvalue weighted by Crippen LogP contribution is 2.50. The monoisotopic (exact) mass is 301 g/mol. The summed E-state index contributed by atoms with van der Waals surface area (Å²) >= 11 is 0. The van der Waals surface area contributed by atoms with E-state index in [2.05, 4.69) is 5.32 Å². The van der Waals surface area contributed by atoms with Crippen LogP contribution in [-0.4, -0.2) is 0 Å². The van der Waals surface area contributed by atoms with Crippen LogP contribution in [0.25, 0.3) is 0 Å². The Bertz CT molecular complexity index is 769. The molecule has 112 valence electrons. The third-order valence-corrected chi connectivity index (χ3v) is 4.59. The van der Waals surface area contributed by atoms with Crippen molar-refractivity contribution in [2.45, 2.75) is 18.4 Å². The highest BCUT2D eigenvalue weighted by Gasteiger charge is 2.39. The fourth-order valence-corrected chi connectivity index (χ4v) is 3.65. The van der Waals surface area contributed by atoms with E-state index in [1.165, 1.54) is 18.2 Å². The van der Waals surface area contributed by atoms with Gasteiger partial charge in [0.25, 0.3) is 0 Å². The van der Waals surface area contributed by atoms with E-state index in [4.69, 9.17) is 0 Å². The molecule has 4 heteroatoms. The standard InChI is InChI=1S/C18H14F3N/c19-11-4-1-3-10(7-11)17-14-6-2-5-13(14)15-8-12(20)9-16(21)18(15)22-17/h1-5,7-9,13-14,17,22H,6H2/t13-,14+,17+/m1/s1. The molecule has 1 N–H and O–H groups in total. The lowest BCUT2D eigenvalue weighted by Crippen LogP contribution is -2.30. The van der Waals surface area contributed by atoms with E-state index >= 15 is 0 Å². The van der Waals surface area contributed by atoms with Crippen molar-refractivity contribution in [1.82, 2.24) is 0 Å². The number of halogens is 3. The molecule has 22 heavy (non-hydrogen) atoms. The molecule has 2 aromatic rings. The zero-order chi connectivity index (χ0) is 15.3. The molecule has 3 atom stereocenters. The number of rotatable bonds is 1. The maximum Gasteiger partial charge on any atom is 0.149 e. The average molecular weight is 301 g/mol. The predicted octanol–water partition coefficient (Wildman–Crippen LogP) is 4.93. The first kappa shape index (κ1) is 13.4. The van der Waals surface area contributed by atoms with Crippen molar-refractivity contribution in [3.63, 3.8) is 0 Å². The number of hydrogen-bond donors (Lipinski definition) is 1. The topological polar surface area (TPSA) is 12.0 Å². The lowest BCUT2D eigenvalue weighted by Gasteiger charge is -2.37. The van der Waals surface area contributed by atoms with Gasteiger partial charge in [0.1, 0.15) is 17.5 Å². The molecule has 0 radical (unpaired) electrons. The first-order valence-electron chi connectivity index (χ1n) is 7.31. The van der Waals surface area contributed by atoms with Gasteiger partial charge < -0.3 is 5.32 Å². The summed E-state index contributed by atoms with van der Waals surface area (Å²) in [5, 5.41) is 3.16. The summed E-state index contributed by atoms with van der Waals surface area (Å²) < 4.78 is 41.2. The van der Waals surface area contributed by atoms with Crippen LogP contribution < -0.4 is 5.32 Å². The number of hydrogen-bond acceptors (Lipinski definition) is 1. The van der Waals surface area contributed by atoms with Crippen molar-refractivity contribution in [3.05, 3.63) is 77.1 Å². The number of anilines is 1. The summed E-state index contributed by atoms with van der Waals surface area (Å²) in [6.07, 6.45) is 4.83. The van der Waals surface area contributed by atoms with E-state index < -0.39 is 11.6 Å². The Morgan fingerprint density at radius 2 is 1.86 bits per heavy atom. The molecular weight excluding hydrogens is 287 g/mol. The molecule has 1 heterocycles. The Kier molecular flexibility index (Phi) is 2.99. The summed E-state index contributed by atoms with van der Waals surface area (Å²) in [5.74, 6) is -1.39. The summed E-state index contributed by atoms with van der Waals surface area (Å²) in [5.41, 5.74) is 1.75. The fraction of sp³-hybridized carbons (Fsp3) is 0.222. The average Bonchev–Trinajstić information content (AvgIpc) is 2.96. The highest BCUT2D eigenvalue weighted by molar-refractivity contribution is 5.60. The van der Waals surface area contributed by atoms with Crippen LogP contribution in [-0.2, 0) is 0 Å². The lowest BCUT2D eigenvalue weighted by molar-refractivity contribution is 0.417. The minimum Gasteiger partial charge on any atom is -0.375 e. The second-order valence-corrected chi connectivity index (χ2v) is 5.88. The predicted molar refractivity (Wildman–Crippen MR) is 79.1 cm³/mol. The van der Waals surface area contributed by atoms with Crippen LogP contribution in [0.1, 0.15) is 29.5 Å². The van der Waals surface area contributed by atoms with Crippen LogP contribution in [0.2, 0.25) is 0 Å². The first-order chi connectivity index (χ1) is 10.6. The van der Waals surface area contributed by atoms with Gasteiger partial charge in [0.05, 0.1) is 11.7 Å². The van der Waals surface area contributed by atoms with Gasteiger partial charge in [0.2, 0.25) is 0 Å². The second-order valence-electron chi connectivity index (χ2n) is 5.88.